The third-order valence-electron chi connectivity index (χ3n) is 4.36. The maximum absolute atomic E-state index is 6.11. The highest BCUT2D eigenvalue weighted by Gasteiger charge is 2.19. The van der Waals surface area contributed by atoms with E-state index in [0.717, 1.165) is 12.2 Å². The van der Waals surface area contributed by atoms with Gasteiger partial charge >= 0.3 is 0 Å². The van der Waals surface area contributed by atoms with Gasteiger partial charge in [0.25, 0.3) is 0 Å². The first kappa shape index (κ1) is 14.2. The van der Waals surface area contributed by atoms with Gasteiger partial charge in [0.05, 0.1) is 0 Å². The molecule has 3 rings (SSSR count). The van der Waals surface area contributed by atoms with E-state index in [1.165, 1.54) is 29.5 Å². The molecule has 0 amide bonds. The summed E-state index contributed by atoms with van der Waals surface area (Å²) in [6.07, 6.45) is 3.71. The molecule has 0 spiro atoms. The normalized spacial score (nSPS) is 18.9. The summed E-state index contributed by atoms with van der Waals surface area (Å²) >= 11 is 0. The van der Waals surface area contributed by atoms with Gasteiger partial charge in [0.2, 0.25) is 0 Å². The van der Waals surface area contributed by atoms with Crippen molar-refractivity contribution in [2.45, 2.75) is 38.3 Å². The summed E-state index contributed by atoms with van der Waals surface area (Å²) in [6.45, 7) is 2.10. The SMILES string of the molecule is CNC1CCCc2cc(OC(C)c3ccccc3)ccc21. The number of nitrogens with one attached hydrogen (secondary N) is 1. The molecule has 1 aliphatic rings. The van der Waals surface area contributed by atoms with Gasteiger partial charge in [-0.3, -0.25) is 0 Å². The molecule has 2 heteroatoms. The van der Waals surface area contributed by atoms with E-state index in [2.05, 4.69) is 54.7 Å². The molecule has 2 aromatic rings. The number of hydrogen-bond acceptors (Lipinski definition) is 2. The summed E-state index contributed by atoms with van der Waals surface area (Å²) in [5, 5.41) is 3.41. The molecule has 0 aliphatic heterocycles. The molecule has 2 aromatic carbocycles. The van der Waals surface area contributed by atoms with Gasteiger partial charge in [-0.25, -0.2) is 0 Å². The third kappa shape index (κ3) is 3.11. The van der Waals surface area contributed by atoms with Crippen molar-refractivity contribution in [1.29, 1.82) is 0 Å². The number of ether oxygens (including phenoxy) is 1. The zero-order chi connectivity index (χ0) is 14.7. The fraction of sp³-hybridized carbons (Fsp3) is 0.368. The molecule has 1 aliphatic carbocycles. The third-order valence-corrected chi connectivity index (χ3v) is 4.36. The molecule has 0 fully saturated rings. The molecular formula is C19H23NO. The quantitative estimate of drug-likeness (QED) is 0.895. The van der Waals surface area contributed by atoms with Gasteiger partial charge in [0, 0.05) is 6.04 Å². The first-order valence-corrected chi connectivity index (χ1v) is 7.79. The lowest BCUT2D eigenvalue weighted by Gasteiger charge is -2.26. The van der Waals surface area contributed by atoms with E-state index < -0.39 is 0 Å². The van der Waals surface area contributed by atoms with Crippen molar-refractivity contribution < 1.29 is 4.74 Å². The van der Waals surface area contributed by atoms with Gasteiger partial charge < -0.3 is 10.1 Å². The van der Waals surface area contributed by atoms with E-state index in [0.29, 0.717) is 6.04 Å². The van der Waals surface area contributed by atoms with E-state index in [1.807, 2.05) is 13.1 Å². The maximum Gasteiger partial charge on any atom is 0.121 e. The van der Waals surface area contributed by atoms with Crippen LogP contribution in [0.1, 0.15) is 48.6 Å². The molecule has 0 saturated heterocycles. The molecule has 1 N–H and O–H groups in total. The lowest BCUT2D eigenvalue weighted by molar-refractivity contribution is 0.226. The van der Waals surface area contributed by atoms with Crippen LogP contribution < -0.4 is 10.1 Å². The van der Waals surface area contributed by atoms with Crippen LogP contribution in [0.5, 0.6) is 5.75 Å². The van der Waals surface area contributed by atoms with Crippen LogP contribution in [0.3, 0.4) is 0 Å². The van der Waals surface area contributed by atoms with Crippen molar-refractivity contribution in [3.63, 3.8) is 0 Å². The molecule has 110 valence electrons. The summed E-state index contributed by atoms with van der Waals surface area (Å²) in [7, 11) is 2.04. The van der Waals surface area contributed by atoms with Gasteiger partial charge in [-0.05, 0) is 62.1 Å². The second kappa shape index (κ2) is 6.31. The number of aryl methyl sites for hydroxylation is 1. The Bertz CT molecular complexity index is 594. The van der Waals surface area contributed by atoms with Gasteiger partial charge in [0.15, 0.2) is 0 Å². The molecule has 0 saturated carbocycles. The van der Waals surface area contributed by atoms with E-state index in [1.54, 1.807) is 0 Å². The fourth-order valence-electron chi connectivity index (χ4n) is 3.16. The molecule has 0 aromatic heterocycles. The van der Waals surface area contributed by atoms with Crippen LogP contribution in [0, 0.1) is 0 Å². The van der Waals surface area contributed by atoms with E-state index >= 15 is 0 Å². The average molecular weight is 281 g/mol. The zero-order valence-corrected chi connectivity index (χ0v) is 12.8. The van der Waals surface area contributed by atoms with E-state index in [-0.39, 0.29) is 6.10 Å². The summed E-state index contributed by atoms with van der Waals surface area (Å²) in [5.74, 6) is 0.974. The Hall–Kier alpha value is -1.80. The fourth-order valence-corrected chi connectivity index (χ4v) is 3.16. The lowest BCUT2D eigenvalue weighted by Crippen LogP contribution is -2.21. The van der Waals surface area contributed by atoms with Gasteiger partial charge in [-0.1, -0.05) is 36.4 Å². The standard InChI is InChI=1S/C19H23NO/c1-14(15-7-4-3-5-8-15)21-17-11-12-18-16(13-17)9-6-10-19(18)20-2/h3-5,7-8,11-14,19-20H,6,9-10H2,1-2H3. The maximum atomic E-state index is 6.11. The van der Waals surface area contributed by atoms with Crippen LogP contribution in [0.15, 0.2) is 48.5 Å². The Morgan fingerprint density at radius 2 is 1.95 bits per heavy atom. The topological polar surface area (TPSA) is 21.3 Å². The van der Waals surface area contributed by atoms with Crippen molar-refractivity contribution in [1.82, 2.24) is 5.32 Å². The van der Waals surface area contributed by atoms with E-state index in [4.69, 9.17) is 4.74 Å². The summed E-state index contributed by atoms with van der Waals surface area (Å²) in [5.41, 5.74) is 4.07. The van der Waals surface area contributed by atoms with Gasteiger partial charge in [-0.15, -0.1) is 0 Å². The minimum absolute atomic E-state index is 0.0768. The highest BCUT2D eigenvalue weighted by molar-refractivity contribution is 5.39. The minimum Gasteiger partial charge on any atom is -0.486 e. The monoisotopic (exact) mass is 281 g/mol. The van der Waals surface area contributed by atoms with Crippen LogP contribution in [0.4, 0.5) is 0 Å². The molecule has 0 heterocycles. The molecule has 2 nitrogen and oxygen atoms in total. The van der Waals surface area contributed by atoms with Gasteiger partial charge in [0.1, 0.15) is 11.9 Å². The number of rotatable bonds is 4. The number of benzene rings is 2. The number of hydrogen-bond donors (Lipinski definition) is 1. The summed E-state index contributed by atoms with van der Waals surface area (Å²) in [4.78, 5) is 0. The van der Waals surface area contributed by atoms with Gasteiger partial charge in [-0.2, -0.15) is 0 Å². The van der Waals surface area contributed by atoms with Crippen molar-refractivity contribution in [3.05, 3.63) is 65.2 Å². The second-order valence-electron chi connectivity index (χ2n) is 5.76. The Labute approximate surface area is 127 Å². The zero-order valence-electron chi connectivity index (χ0n) is 12.8. The van der Waals surface area contributed by atoms with Crippen LogP contribution in [-0.2, 0) is 6.42 Å². The average Bonchev–Trinajstić information content (AvgIpc) is 2.54. The minimum atomic E-state index is 0.0768. The van der Waals surface area contributed by atoms with Crippen LogP contribution >= 0.6 is 0 Å². The number of fused-ring (bicyclic) bond motifs is 1. The van der Waals surface area contributed by atoms with Crippen molar-refractivity contribution in [2.75, 3.05) is 7.05 Å². The molecular weight excluding hydrogens is 258 g/mol. The summed E-state index contributed by atoms with van der Waals surface area (Å²) < 4.78 is 6.11. The van der Waals surface area contributed by atoms with Crippen molar-refractivity contribution in [3.8, 4) is 5.75 Å². The summed E-state index contributed by atoms with van der Waals surface area (Å²) in [6, 6.07) is 17.4. The first-order chi connectivity index (χ1) is 10.3. The Morgan fingerprint density at radius 1 is 1.14 bits per heavy atom. The Balaban J connectivity index is 1.78. The smallest absolute Gasteiger partial charge is 0.121 e. The van der Waals surface area contributed by atoms with Crippen molar-refractivity contribution in [2.24, 2.45) is 0 Å². The van der Waals surface area contributed by atoms with E-state index in [9.17, 15) is 0 Å². The predicted molar refractivity (Wildman–Crippen MR) is 86.7 cm³/mol. The molecule has 0 radical (unpaired) electrons. The van der Waals surface area contributed by atoms with Crippen LogP contribution in [-0.4, -0.2) is 7.05 Å². The largest absolute Gasteiger partial charge is 0.486 e. The Kier molecular flexibility index (Phi) is 4.26. The second-order valence-corrected chi connectivity index (χ2v) is 5.76. The predicted octanol–water partition coefficient (Wildman–Crippen LogP) is 4.42. The highest BCUT2D eigenvalue weighted by atomic mass is 16.5. The Morgan fingerprint density at radius 3 is 2.71 bits per heavy atom. The molecule has 21 heavy (non-hydrogen) atoms. The highest BCUT2D eigenvalue weighted by Crippen LogP contribution is 2.33. The first-order valence-electron chi connectivity index (χ1n) is 7.79. The molecule has 2 unspecified atom stereocenters. The lowest BCUT2D eigenvalue weighted by atomic mass is 9.87. The van der Waals surface area contributed by atoms with Crippen LogP contribution in [0.2, 0.25) is 0 Å². The van der Waals surface area contributed by atoms with Crippen LogP contribution in [0.25, 0.3) is 0 Å². The molecule has 2 atom stereocenters. The van der Waals surface area contributed by atoms with Crippen molar-refractivity contribution >= 4 is 0 Å². The molecule has 0 bridgehead atoms.